The number of ether oxygens (including phenoxy) is 1. The number of anilines is 1. The van der Waals surface area contributed by atoms with Crippen molar-refractivity contribution >= 4 is 29.4 Å². The van der Waals surface area contributed by atoms with Gasteiger partial charge in [0.1, 0.15) is 11.1 Å². The molecule has 6 heteroatoms. The van der Waals surface area contributed by atoms with Gasteiger partial charge in [-0.05, 0) is 57.3 Å². The van der Waals surface area contributed by atoms with Crippen LogP contribution in [-0.4, -0.2) is 34.6 Å². The lowest BCUT2D eigenvalue weighted by atomic mass is 9.91. The molecule has 2 N–H and O–H groups in total. The van der Waals surface area contributed by atoms with Crippen LogP contribution in [0.15, 0.2) is 30.3 Å². The number of alkyl carbamates (subject to hydrolysis) is 1. The smallest absolute Gasteiger partial charge is 0.408 e. The van der Waals surface area contributed by atoms with Crippen molar-refractivity contribution in [2.24, 2.45) is 0 Å². The number of hydrogen-bond donors (Lipinski definition) is 2. The number of carbonyl (C=O) groups excluding carboxylic acids is 2. The molecule has 2 rings (SSSR count). The van der Waals surface area contributed by atoms with Gasteiger partial charge in [-0.25, -0.2) is 4.79 Å². The molecule has 1 aromatic rings. The van der Waals surface area contributed by atoms with Crippen molar-refractivity contribution < 1.29 is 14.3 Å². The Morgan fingerprint density at radius 3 is 2.30 bits per heavy atom. The summed E-state index contributed by atoms with van der Waals surface area (Å²) in [5.41, 5.74) is -0.783. The molecule has 0 radical (unpaired) electrons. The number of rotatable bonds is 3. The van der Waals surface area contributed by atoms with E-state index in [2.05, 4.69) is 10.6 Å². The lowest BCUT2D eigenvalue weighted by molar-refractivity contribution is -0.122. The molecule has 1 aromatic carbocycles. The van der Waals surface area contributed by atoms with Gasteiger partial charge in [-0.2, -0.15) is 11.8 Å². The first-order chi connectivity index (χ1) is 10.8. The first kappa shape index (κ1) is 17.7. The molecule has 0 atom stereocenters. The standard InChI is InChI=1S/C17H24N2O3S/c1-16(2,3)22-15(21)19-17(9-11-23-12-10-17)14(20)18-13-7-5-4-6-8-13/h4-8H,9-12H2,1-3H3,(H,18,20)(H,19,21). The zero-order valence-corrected chi connectivity index (χ0v) is 14.7. The average molecular weight is 336 g/mol. The van der Waals surface area contributed by atoms with Crippen LogP contribution in [0.1, 0.15) is 33.6 Å². The van der Waals surface area contributed by atoms with Gasteiger partial charge in [0.15, 0.2) is 0 Å². The molecule has 0 aliphatic carbocycles. The largest absolute Gasteiger partial charge is 0.444 e. The van der Waals surface area contributed by atoms with Crippen LogP contribution in [0, 0.1) is 0 Å². The number of carbonyl (C=O) groups is 2. The number of nitrogens with one attached hydrogen (secondary N) is 2. The summed E-state index contributed by atoms with van der Waals surface area (Å²) in [6.45, 7) is 5.42. The van der Waals surface area contributed by atoms with Crippen LogP contribution in [0.3, 0.4) is 0 Å². The summed E-state index contributed by atoms with van der Waals surface area (Å²) in [7, 11) is 0. The average Bonchev–Trinajstić information content (AvgIpc) is 2.47. The maximum absolute atomic E-state index is 12.8. The summed E-state index contributed by atoms with van der Waals surface area (Å²) >= 11 is 1.79. The predicted octanol–water partition coefficient (Wildman–Crippen LogP) is 3.42. The van der Waals surface area contributed by atoms with Gasteiger partial charge in [-0.1, -0.05) is 18.2 Å². The van der Waals surface area contributed by atoms with Crippen LogP contribution in [0.5, 0.6) is 0 Å². The van der Waals surface area contributed by atoms with Crippen molar-refractivity contribution in [3.05, 3.63) is 30.3 Å². The van der Waals surface area contributed by atoms with Crippen LogP contribution in [0.25, 0.3) is 0 Å². The molecule has 23 heavy (non-hydrogen) atoms. The van der Waals surface area contributed by atoms with Gasteiger partial charge in [0, 0.05) is 5.69 Å². The second kappa shape index (κ2) is 7.25. The van der Waals surface area contributed by atoms with E-state index in [1.54, 1.807) is 32.5 Å². The second-order valence-corrected chi connectivity index (χ2v) is 7.87. The van der Waals surface area contributed by atoms with Gasteiger partial charge in [0.25, 0.3) is 0 Å². The molecule has 0 aromatic heterocycles. The second-order valence-electron chi connectivity index (χ2n) is 6.64. The van der Waals surface area contributed by atoms with Gasteiger partial charge >= 0.3 is 6.09 Å². The van der Waals surface area contributed by atoms with Gasteiger partial charge in [0.2, 0.25) is 5.91 Å². The number of benzene rings is 1. The number of amides is 2. The van der Waals surface area contributed by atoms with E-state index < -0.39 is 17.2 Å². The molecular weight excluding hydrogens is 312 g/mol. The minimum absolute atomic E-state index is 0.185. The molecular formula is C17H24N2O3S. The van der Waals surface area contributed by atoms with Gasteiger partial charge in [-0.3, -0.25) is 4.79 Å². The zero-order valence-electron chi connectivity index (χ0n) is 13.8. The molecule has 0 unspecified atom stereocenters. The fourth-order valence-corrected chi connectivity index (χ4v) is 3.59. The summed E-state index contributed by atoms with van der Waals surface area (Å²) in [6.07, 6.45) is 0.637. The van der Waals surface area contributed by atoms with Crippen LogP contribution >= 0.6 is 11.8 Å². The molecule has 1 saturated heterocycles. The van der Waals surface area contributed by atoms with Crippen molar-refractivity contribution in [2.45, 2.75) is 44.8 Å². The van der Waals surface area contributed by atoms with E-state index in [-0.39, 0.29) is 5.91 Å². The summed E-state index contributed by atoms with van der Waals surface area (Å²) in [5.74, 6) is 1.48. The Labute approximate surface area is 141 Å². The molecule has 1 heterocycles. The molecule has 126 valence electrons. The normalized spacial score (nSPS) is 17.2. The van der Waals surface area contributed by atoms with Crippen LogP contribution in [0.4, 0.5) is 10.5 Å². The lowest BCUT2D eigenvalue weighted by Gasteiger charge is -2.36. The van der Waals surface area contributed by atoms with Crippen LogP contribution in [-0.2, 0) is 9.53 Å². The maximum Gasteiger partial charge on any atom is 0.408 e. The zero-order chi connectivity index (χ0) is 16.9. The van der Waals surface area contributed by atoms with E-state index in [1.165, 1.54) is 0 Å². The lowest BCUT2D eigenvalue weighted by Crippen LogP contribution is -2.59. The first-order valence-corrected chi connectivity index (χ1v) is 8.92. The Morgan fingerprint density at radius 2 is 1.74 bits per heavy atom. The Morgan fingerprint density at radius 1 is 1.13 bits per heavy atom. The SMILES string of the molecule is CC(C)(C)OC(=O)NC1(C(=O)Nc2ccccc2)CCSCC1. The number of hydrogen-bond acceptors (Lipinski definition) is 4. The van der Waals surface area contributed by atoms with E-state index in [4.69, 9.17) is 4.74 Å². The fraction of sp³-hybridized carbons (Fsp3) is 0.529. The summed E-state index contributed by atoms with van der Waals surface area (Å²) < 4.78 is 5.33. The summed E-state index contributed by atoms with van der Waals surface area (Å²) in [4.78, 5) is 25.0. The van der Waals surface area contributed by atoms with Crippen LogP contribution < -0.4 is 10.6 Å². The molecule has 2 amide bonds. The third-order valence-electron chi connectivity index (χ3n) is 3.55. The Kier molecular flexibility index (Phi) is 5.57. The van der Waals surface area contributed by atoms with Crippen molar-refractivity contribution in [3.8, 4) is 0 Å². The monoisotopic (exact) mass is 336 g/mol. The van der Waals surface area contributed by atoms with E-state index in [0.717, 1.165) is 17.2 Å². The minimum Gasteiger partial charge on any atom is -0.444 e. The number of thioether (sulfide) groups is 1. The third-order valence-corrected chi connectivity index (χ3v) is 4.54. The topological polar surface area (TPSA) is 67.4 Å². The van der Waals surface area contributed by atoms with Crippen molar-refractivity contribution in [3.63, 3.8) is 0 Å². The summed E-state index contributed by atoms with van der Waals surface area (Å²) in [5, 5.41) is 5.72. The highest BCUT2D eigenvalue weighted by Crippen LogP contribution is 2.29. The Balaban J connectivity index is 2.11. The molecule has 0 spiro atoms. The van der Waals surface area contributed by atoms with E-state index >= 15 is 0 Å². The van der Waals surface area contributed by atoms with Gasteiger partial charge in [0.05, 0.1) is 0 Å². The fourth-order valence-electron chi connectivity index (χ4n) is 2.40. The molecule has 1 aliphatic rings. The highest BCUT2D eigenvalue weighted by atomic mass is 32.2. The van der Waals surface area contributed by atoms with Crippen molar-refractivity contribution in [1.29, 1.82) is 0 Å². The number of para-hydroxylation sites is 1. The van der Waals surface area contributed by atoms with Crippen molar-refractivity contribution in [1.82, 2.24) is 5.32 Å². The molecule has 0 saturated carbocycles. The molecule has 1 fully saturated rings. The first-order valence-electron chi connectivity index (χ1n) is 7.76. The molecule has 0 bridgehead atoms. The quantitative estimate of drug-likeness (QED) is 0.887. The minimum atomic E-state index is -0.913. The third kappa shape index (κ3) is 5.16. The highest BCUT2D eigenvalue weighted by molar-refractivity contribution is 7.99. The van der Waals surface area contributed by atoms with E-state index in [1.807, 2.05) is 30.3 Å². The van der Waals surface area contributed by atoms with Crippen molar-refractivity contribution in [2.75, 3.05) is 16.8 Å². The highest BCUT2D eigenvalue weighted by Gasteiger charge is 2.42. The van der Waals surface area contributed by atoms with Crippen LogP contribution in [0.2, 0.25) is 0 Å². The predicted molar refractivity (Wildman–Crippen MR) is 93.7 cm³/mol. The molecule has 1 aliphatic heterocycles. The van der Waals surface area contributed by atoms with Gasteiger partial charge in [-0.15, -0.1) is 0 Å². The van der Waals surface area contributed by atoms with E-state index in [9.17, 15) is 9.59 Å². The summed E-state index contributed by atoms with van der Waals surface area (Å²) in [6, 6.07) is 9.27. The van der Waals surface area contributed by atoms with Gasteiger partial charge < -0.3 is 15.4 Å². The van der Waals surface area contributed by atoms with E-state index in [0.29, 0.717) is 12.8 Å². The Bertz CT molecular complexity index is 549. The maximum atomic E-state index is 12.8. The molecule has 5 nitrogen and oxygen atoms in total. The Hall–Kier alpha value is -1.69.